The van der Waals surface area contributed by atoms with Crippen LogP contribution in [0.25, 0.3) is 0 Å². The van der Waals surface area contributed by atoms with Crippen molar-refractivity contribution in [2.75, 3.05) is 18.4 Å². The van der Waals surface area contributed by atoms with Gasteiger partial charge in [-0.3, -0.25) is 14.4 Å². The van der Waals surface area contributed by atoms with Crippen LogP contribution in [0.5, 0.6) is 0 Å². The van der Waals surface area contributed by atoms with Crippen LogP contribution in [0.1, 0.15) is 70.9 Å². The van der Waals surface area contributed by atoms with Gasteiger partial charge in [0, 0.05) is 48.9 Å². The summed E-state index contributed by atoms with van der Waals surface area (Å²) in [7, 11) is 0. The molecular weight excluding hydrogens is 402 g/mol. The lowest BCUT2D eigenvalue weighted by atomic mass is 10.0. The van der Waals surface area contributed by atoms with Crippen molar-refractivity contribution in [2.24, 2.45) is 0 Å². The van der Waals surface area contributed by atoms with Crippen LogP contribution >= 0.6 is 0 Å². The normalized spacial score (nSPS) is 18.7. The molecule has 1 unspecified atom stereocenters. The van der Waals surface area contributed by atoms with Crippen LogP contribution in [0.4, 0.5) is 5.69 Å². The minimum absolute atomic E-state index is 0.0604. The Balaban J connectivity index is 1.39. The number of carbonyl (C=O) groups excluding carboxylic acids is 3. The largest absolute Gasteiger partial charge is 0.338 e. The highest BCUT2D eigenvalue weighted by Crippen LogP contribution is 2.23. The Labute approximate surface area is 189 Å². The van der Waals surface area contributed by atoms with Gasteiger partial charge in [-0.25, -0.2) is 0 Å². The summed E-state index contributed by atoms with van der Waals surface area (Å²) < 4.78 is 0. The van der Waals surface area contributed by atoms with E-state index < -0.39 is 0 Å². The molecule has 168 valence electrons. The number of likely N-dealkylation sites (tertiary alicyclic amines) is 2. The molecule has 2 heterocycles. The van der Waals surface area contributed by atoms with Crippen LogP contribution in [-0.4, -0.2) is 46.7 Å². The first-order chi connectivity index (χ1) is 15.4. The number of aryl methyl sites for hydroxylation is 1. The number of benzene rings is 2. The first-order valence-corrected chi connectivity index (χ1v) is 11.5. The molecule has 2 saturated heterocycles. The quantitative estimate of drug-likeness (QED) is 0.761. The van der Waals surface area contributed by atoms with Gasteiger partial charge in [0.2, 0.25) is 5.91 Å². The average molecular weight is 434 g/mol. The number of anilines is 1. The van der Waals surface area contributed by atoms with Crippen molar-refractivity contribution in [3.63, 3.8) is 0 Å². The molecule has 2 aliphatic rings. The Hall–Kier alpha value is -3.15. The summed E-state index contributed by atoms with van der Waals surface area (Å²) in [6, 6.07) is 13.1. The van der Waals surface area contributed by atoms with E-state index in [9.17, 15) is 14.4 Å². The van der Waals surface area contributed by atoms with Crippen molar-refractivity contribution in [1.82, 2.24) is 9.80 Å². The van der Waals surface area contributed by atoms with Gasteiger partial charge in [-0.05, 0) is 81.0 Å². The van der Waals surface area contributed by atoms with Gasteiger partial charge < -0.3 is 15.1 Å². The molecule has 2 aliphatic heterocycles. The Morgan fingerprint density at radius 1 is 1.00 bits per heavy atom. The van der Waals surface area contributed by atoms with Crippen LogP contribution in [0.2, 0.25) is 0 Å². The molecule has 6 heteroatoms. The Morgan fingerprint density at radius 3 is 2.41 bits per heavy atom. The number of hydrogen-bond donors (Lipinski definition) is 1. The van der Waals surface area contributed by atoms with Gasteiger partial charge in [0.15, 0.2) is 0 Å². The van der Waals surface area contributed by atoms with Crippen LogP contribution in [0, 0.1) is 6.92 Å². The van der Waals surface area contributed by atoms with Crippen molar-refractivity contribution >= 4 is 23.4 Å². The topological polar surface area (TPSA) is 69.7 Å². The lowest BCUT2D eigenvalue weighted by Crippen LogP contribution is -2.42. The number of carbonyl (C=O) groups is 3. The zero-order valence-corrected chi connectivity index (χ0v) is 18.9. The summed E-state index contributed by atoms with van der Waals surface area (Å²) in [5.41, 5.74) is 3.80. The fraction of sp³-hybridized carbons (Fsp3) is 0.423. The second kappa shape index (κ2) is 9.55. The smallest absolute Gasteiger partial charge is 0.255 e. The second-order valence-electron chi connectivity index (χ2n) is 8.94. The molecule has 0 saturated carbocycles. The molecule has 1 atom stereocenters. The molecule has 32 heavy (non-hydrogen) atoms. The van der Waals surface area contributed by atoms with Crippen molar-refractivity contribution < 1.29 is 14.4 Å². The Kier molecular flexibility index (Phi) is 6.58. The van der Waals surface area contributed by atoms with Crippen molar-refractivity contribution in [1.29, 1.82) is 0 Å². The molecule has 2 aromatic carbocycles. The van der Waals surface area contributed by atoms with Gasteiger partial charge >= 0.3 is 0 Å². The van der Waals surface area contributed by atoms with Crippen LogP contribution in [0.3, 0.4) is 0 Å². The van der Waals surface area contributed by atoms with Crippen molar-refractivity contribution in [2.45, 2.75) is 58.5 Å². The van der Waals surface area contributed by atoms with E-state index in [1.54, 1.807) is 18.2 Å². The predicted octanol–water partition coefficient (Wildman–Crippen LogP) is 4.38. The van der Waals surface area contributed by atoms with Crippen LogP contribution in [-0.2, 0) is 11.3 Å². The highest BCUT2D eigenvalue weighted by Gasteiger charge is 2.24. The van der Waals surface area contributed by atoms with Gasteiger partial charge in [0.05, 0.1) is 0 Å². The minimum atomic E-state index is -0.194. The summed E-state index contributed by atoms with van der Waals surface area (Å²) in [5, 5.41) is 2.95. The summed E-state index contributed by atoms with van der Waals surface area (Å²) in [6.07, 6.45) is 4.82. The summed E-state index contributed by atoms with van der Waals surface area (Å²) in [5.74, 6) is 0.0600. The first kappa shape index (κ1) is 22.1. The lowest BCUT2D eigenvalue weighted by Gasteiger charge is -2.33. The molecule has 2 aromatic rings. The van der Waals surface area contributed by atoms with E-state index in [0.717, 1.165) is 43.5 Å². The van der Waals surface area contributed by atoms with E-state index in [4.69, 9.17) is 0 Å². The summed E-state index contributed by atoms with van der Waals surface area (Å²) in [4.78, 5) is 41.2. The van der Waals surface area contributed by atoms with E-state index in [-0.39, 0.29) is 23.8 Å². The Bertz CT molecular complexity index is 1020. The lowest BCUT2D eigenvalue weighted by molar-refractivity contribution is -0.128. The summed E-state index contributed by atoms with van der Waals surface area (Å²) in [6.45, 7) is 6.20. The highest BCUT2D eigenvalue weighted by molar-refractivity contribution is 6.05. The standard InChI is InChI=1S/C26H31N3O3/c1-18-16-22(26(32)29-15-4-3-6-19(29)2)12-13-23(18)27-25(31)21-10-8-20(9-11-21)17-28-14-5-7-24(28)30/h8-13,16,19H,3-7,14-15,17H2,1-2H3,(H,27,31). The molecule has 0 radical (unpaired) electrons. The maximum absolute atomic E-state index is 12.9. The van der Waals surface area contributed by atoms with E-state index in [1.165, 1.54) is 6.42 Å². The molecule has 0 bridgehead atoms. The zero-order valence-electron chi connectivity index (χ0n) is 18.9. The predicted molar refractivity (Wildman–Crippen MR) is 125 cm³/mol. The first-order valence-electron chi connectivity index (χ1n) is 11.5. The minimum Gasteiger partial charge on any atom is -0.338 e. The number of nitrogens with zero attached hydrogens (tertiary/aromatic N) is 2. The molecule has 2 fully saturated rings. The number of rotatable bonds is 5. The van der Waals surface area contributed by atoms with Crippen LogP contribution < -0.4 is 5.32 Å². The number of amides is 3. The Morgan fingerprint density at radius 2 is 1.75 bits per heavy atom. The zero-order chi connectivity index (χ0) is 22.7. The molecule has 6 nitrogen and oxygen atoms in total. The number of nitrogens with one attached hydrogen (secondary N) is 1. The van der Waals surface area contributed by atoms with Gasteiger partial charge in [-0.15, -0.1) is 0 Å². The molecule has 3 amide bonds. The van der Waals surface area contributed by atoms with E-state index in [2.05, 4.69) is 12.2 Å². The van der Waals surface area contributed by atoms with Crippen molar-refractivity contribution in [3.05, 3.63) is 64.7 Å². The summed E-state index contributed by atoms with van der Waals surface area (Å²) >= 11 is 0. The third kappa shape index (κ3) is 4.85. The number of hydrogen-bond acceptors (Lipinski definition) is 3. The van der Waals surface area contributed by atoms with Gasteiger partial charge in [-0.1, -0.05) is 12.1 Å². The molecule has 4 rings (SSSR count). The molecule has 1 N–H and O–H groups in total. The SMILES string of the molecule is Cc1cc(C(=O)N2CCCCC2C)ccc1NC(=O)c1ccc(CN2CCCC2=O)cc1. The second-order valence-corrected chi connectivity index (χ2v) is 8.94. The third-order valence-corrected chi connectivity index (χ3v) is 6.55. The molecule has 0 aromatic heterocycles. The number of piperidine rings is 1. The molecule has 0 aliphatic carbocycles. The van der Waals surface area contributed by atoms with E-state index in [0.29, 0.717) is 29.8 Å². The monoisotopic (exact) mass is 433 g/mol. The van der Waals surface area contributed by atoms with E-state index >= 15 is 0 Å². The van der Waals surface area contributed by atoms with E-state index in [1.807, 2.05) is 41.0 Å². The van der Waals surface area contributed by atoms with Gasteiger partial charge in [0.1, 0.15) is 0 Å². The third-order valence-electron chi connectivity index (χ3n) is 6.55. The maximum Gasteiger partial charge on any atom is 0.255 e. The van der Waals surface area contributed by atoms with Gasteiger partial charge in [-0.2, -0.15) is 0 Å². The molecule has 0 spiro atoms. The fourth-order valence-electron chi connectivity index (χ4n) is 4.55. The fourth-order valence-corrected chi connectivity index (χ4v) is 4.55. The average Bonchev–Trinajstić information content (AvgIpc) is 3.19. The van der Waals surface area contributed by atoms with Crippen LogP contribution in [0.15, 0.2) is 42.5 Å². The van der Waals surface area contributed by atoms with Crippen molar-refractivity contribution in [3.8, 4) is 0 Å². The van der Waals surface area contributed by atoms with Gasteiger partial charge in [0.25, 0.3) is 11.8 Å². The molecular formula is C26H31N3O3. The highest BCUT2D eigenvalue weighted by atomic mass is 16.2. The maximum atomic E-state index is 12.9.